The van der Waals surface area contributed by atoms with E-state index in [9.17, 15) is 0 Å². The molecule has 0 aliphatic carbocycles. The van der Waals surface area contributed by atoms with Gasteiger partial charge in [-0.05, 0) is 29.8 Å². The molecular weight excluding hydrogens is 228 g/mol. The van der Waals surface area contributed by atoms with Gasteiger partial charge in [-0.3, -0.25) is 0 Å². The van der Waals surface area contributed by atoms with E-state index < -0.39 is 0 Å². The molecule has 3 nitrogen and oxygen atoms in total. The Morgan fingerprint density at radius 2 is 1.44 bits per heavy atom. The molecule has 0 spiro atoms. The second-order valence-corrected chi connectivity index (χ2v) is 3.82. The number of rotatable bonds is 5. The van der Waals surface area contributed by atoms with Crippen molar-refractivity contribution in [1.29, 1.82) is 0 Å². The van der Waals surface area contributed by atoms with Crippen LogP contribution in [0.25, 0.3) is 0 Å². The Labute approximate surface area is 107 Å². The first kappa shape index (κ1) is 12.3. The summed E-state index contributed by atoms with van der Waals surface area (Å²) in [6.07, 6.45) is 0. The average molecular weight is 244 g/mol. The molecule has 0 fully saturated rings. The molecule has 2 aromatic carbocycles. The monoisotopic (exact) mass is 244 g/mol. The Morgan fingerprint density at radius 3 is 2.11 bits per heavy atom. The Balaban J connectivity index is 1.97. The SMILES string of the molecule is COc1ccc(COc2cccc(OC)c2)cc1. The summed E-state index contributed by atoms with van der Waals surface area (Å²) in [7, 11) is 3.30. The summed E-state index contributed by atoms with van der Waals surface area (Å²) in [6, 6.07) is 15.4. The van der Waals surface area contributed by atoms with Gasteiger partial charge in [0.1, 0.15) is 23.9 Å². The van der Waals surface area contributed by atoms with Crippen molar-refractivity contribution in [2.75, 3.05) is 14.2 Å². The third-order valence-corrected chi connectivity index (χ3v) is 2.61. The lowest BCUT2D eigenvalue weighted by Crippen LogP contribution is -1.95. The summed E-state index contributed by atoms with van der Waals surface area (Å²) in [5, 5.41) is 0. The number of hydrogen-bond donors (Lipinski definition) is 0. The van der Waals surface area contributed by atoms with Gasteiger partial charge in [-0.25, -0.2) is 0 Å². The van der Waals surface area contributed by atoms with Crippen LogP contribution >= 0.6 is 0 Å². The minimum absolute atomic E-state index is 0.525. The Morgan fingerprint density at radius 1 is 0.778 bits per heavy atom. The molecule has 0 radical (unpaired) electrons. The van der Waals surface area contributed by atoms with Crippen LogP contribution in [0.15, 0.2) is 48.5 Å². The number of methoxy groups -OCH3 is 2. The van der Waals surface area contributed by atoms with E-state index in [1.165, 1.54) is 0 Å². The third kappa shape index (κ3) is 3.17. The van der Waals surface area contributed by atoms with E-state index in [2.05, 4.69) is 0 Å². The van der Waals surface area contributed by atoms with Crippen LogP contribution in [0.2, 0.25) is 0 Å². The Bertz CT molecular complexity index is 491. The maximum absolute atomic E-state index is 5.69. The first-order valence-electron chi connectivity index (χ1n) is 5.71. The molecule has 0 heterocycles. The summed E-state index contributed by atoms with van der Waals surface area (Å²) in [4.78, 5) is 0. The molecular formula is C15H16O3. The van der Waals surface area contributed by atoms with E-state index in [1.807, 2.05) is 48.5 Å². The molecule has 94 valence electrons. The lowest BCUT2D eigenvalue weighted by molar-refractivity contribution is 0.303. The summed E-state index contributed by atoms with van der Waals surface area (Å²) >= 11 is 0. The van der Waals surface area contributed by atoms with E-state index >= 15 is 0 Å². The summed E-state index contributed by atoms with van der Waals surface area (Å²) in [5.74, 6) is 2.44. The minimum atomic E-state index is 0.525. The van der Waals surface area contributed by atoms with E-state index in [4.69, 9.17) is 14.2 Å². The van der Waals surface area contributed by atoms with Gasteiger partial charge in [0.25, 0.3) is 0 Å². The normalized spacial score (nSPS) is 9.89. The van der Waals surface area contributed by atoms with Crippen molar-refractivity contribution in [3.8, 4) is 17.2 Å². The molecule has 0 saturated carbocycles. The van der Waals surface area contributed by atoms with E-state index in [0.29, 0.717) is 6.61 Å². The molecule has 0 aromatic heterocycles. The van der Waals surface area contributed by atoms with Gasteiger partial charge in [0.15, 0.2) is 0 Å². The zero-order valence-electron chi connectivity index (χ0n) is 10.6. The predicted molar refractivity (Wildman–Crippen MR) is 70.3 cm³/mol. The van der Waals surface area contributed by atoms with Crippen molar-refractivity contribution in [1.82, 2.24) is 0 Å². The Hall–Kier alpha value is -2.16. The molecule has 18 heavy (non-hydrogen) atoms. The largest absolute Gasteiger partial charge is 0.497 e. The summed E-state index contributed by atoms with van der Waals surface area (Å²) in [5.41, 5.74) is 1.10. The van der Waals surface area contributed by atoms with E-state index in [0.717, 1.165) is 22.8 Å². The van der Waals surface area contributed by atoms with Gasteiger partial charge >= 0.3 is 0 Å². The molecule has 0 aliphatic heterocycles. The first-order valence-corrected chi connectivity index (χ1v) is 5.71. The number of hydrogen-bond acceptors (Lipinski definition) is 3. The smallest absolute Gasteiger partial charge is 0.123 e. The molecule has 0 unspecified atom stereocenters. The van der Waals surface area contributed by atoms with E-state index in [-0.39, 0.29) is 0 Å². The molecule has 0 N–H and O–H groups in total. The van der Waals surface area contributed by atoms with Crippen molar-refractivity contribution in [3.63, 3.8) is 0 Å². The lowest BCUT2D eigenvalue weighted by atomic mass is 10.2. The van der Waals surface area contributed by atoms with Gasteiger partial charge in [0, 0.05) is 6.07 Å². The fourth-order valence-corrected chi connectivity index (χ4v) is 1.58. The van der Waals surface area contributed by atoms with Crippen LogP contribution < -0.4 is 14.2 Å². The standard InChI is InChI=1S/C15H16O3/c1-16-13-8-6-12(7-9-13)11-18-15-5-3-4-14(10-15)17-2/h3-10H,11H2,1-2H3. The molecule has 3 heteroatoms. The fourth-order valence-electron chi connectivity index (χ4n) is 1.58. The Kier molecular flexibility index (Phi) is 4.07. The predicted octanol–water partition coefficient (Wildman–Crippen LogP) is 3.28. The minimum Gasteiger partial charge on any atom is -0.497 e. The molecule has 0 saturated heterocycles. The highest BCUT2D eigenvalue weighted by atomic mass is 16.5. The van der Waals surface area contributed by atoms with Crippen LogP contribution in [0.4, 0.5) is 0 Å². The average Bonchev–Trinajstić information content (AvgIpc) is 2.46. The highest BCUT2D eigenvalue weighted by Crippen LogP contribution is 2.20. The number of ether oxygens (including phenoxy) is 3. The molecule has 0 atom stereocenters. The van der Waals surface area contributed by atoms with Gasteiger partial charge in [-0.15, -0.1) is 0 Å². The number of benzene rings is 2. The van der Waals surface area contributed by atoms with Crippen molar-refractivity contribution in [2.45, 2.75) is 6.61 Å². The van der Waals surface area contributed by atoms with Crippen LogP contribution in [0.5, 0.6) is 17.2 Å². The summed E-state index contributed by atoms with van der Waals surface area (Å²) < 4.78 is 15.9. The van der Waals surface area contributed by atoms with Crippen LogP contribution in [-0.4, -0.2) is 14.2 Å². The third-order valence-electron chi connectivity index (χ3n) is 2.61. The summed E-state index contributed by atoms with van der Waals surface area (Å²) in [6.45, 7) is 0.525. The van der Waals surface area contributed by atoms with E-state index in [1.54, 1.807) is 14.2 Å². The maximum atomic E-state index is 5.69. The molecule has 0 amide bonds. The van der Waals surface area contributed by atoms with Crippen molar-refractivity contribution < 1.29 is 14.2 Å². The zero-order valence-corrected chi connectivity index (χ0v) is 10.6. The molecule has 2 rings (SSSR count). The molecule has 0 aliphatic rings. The fraction of sp³-hybridized carbons (Fsp3) is 0.200. The first-order chi connectivity index (χ1) is 8.81. The van der Waals surface area contributed by atoms with Crippen LogP contribution in [0, 0.1) is 0 Å². The van der Waals surface area contributed by atoms with Crippen molar-refractivity contribution in [3.05, 3.63) is 54.1 Å². The van der Waals surface area contributed by atoms with Gasteiger partial charge in [-0.2, -0.15) is 0 Å². The van der Waals surface area contributed by atoms with Crippen molar-refractivity contribution in [2.24, 2.45) is 0 Å². The van der Waals surface area contributed by atoms with Crippen LogP contribution in [-0.2, 0) is 6.61 Å². The second-order valence-electron chi connectivity index (χ2n) is 3.82. The zero-order chi connectivity index (χ0) is 12.8. The molecule has 2 aromatic rings. The lowest BCUT2D eigenvalue weighted by Gasteiger charge is -2.08. The van der Waals surface area contributed by atoms with Crippen LogP contribution in [0.1, 0.15) is 5.56 Å². The van der Waals surface area contributed by atoms with Gasteiger partial charge < -0.3 is 14.2 Å². The van der Waals surface area contributed by atoms with Gasteiger partial charge in [-0.1, -0.05) is 18.2 Å². The quantitative estimate of drug-likeness (QED) is 0.807. The highest BCUT2D eigenvalue weighted by Gasteiger charge is 1.98. The topological polar surface area (TPSA) is 27.7 Å². The molecule has 0 bridgehead atoms. The van der Waals surface area contributed by atoms with Crippen LogP contribution in [0.3, 0.4) is 0 Å². The van der Waals surface area contributed by atoms with Crippen molar-refractivity contribution >= 4 is 0 Å². The second kappa shape index (κ2) is 5.96. The highest BCUT2D eigenvalue weighted by molar-refractivity contribution is 5.33. The van der Waals surface area contributed by atoms with Gasteiger partial charge in [0.2, 0.25) is 0 Å². The van der Waals surface area contributed by atoms with Gasteiger partial charge in [0.05, 0.1) is 14.2 Å². The maximum Gasteiger partial charge on any atom is 0.123 e.